The number of aromatic nitrogens is 5. The molecule has 2 saturated heterocycles. The number of ether oxygens (including phenoxy) is 2. The van der Waals surface area contributed by atoms with Gasteiger partial charge in [0, 0.05) is 49.7 Å². The minimum Gasteiger partial charge on any atom is -0.381 e. The van der Waals surface area contributed by atoms with Crippen LogP contribution in [0.2, 0.25) is 0 Å². The molecular formula is C25H26N6O2. The van der Waals surface area contributed by atoms with Gasteiger partial charge in [-0.05, 0) is 31.0 Å². The van der Waals surface area contributed by atoms with Gasteiger partial charge < -0.3 is 14.4 Å². The topological polar surface area (TPSA) is 78.2 Å². The molecule has 8 nitrogen and oxygen atoms in total. The lowest BCUT2D eigenvalue weighted by Crippen LogP contribution is -2.37. The lowest BCUT2D eigenvalue weighted by Gasteiger charge is -2.29. The number of anilines is 1. The van der Waals surface area contributed by atoms with Crippen LogP contribution in [-0.4, -0.2) is 64.2 Å². The van der Waals surface area contributed by atoms with E-state index in [9.17, 15) is 0 Å². The Balaban J connectivity index is 1.43. The second-order valence-corrected chi connectivity index (χ2v) is 8.45. The van der Waals surface area contributed by atoms with Crippen LogP contribution in [0.25, 0.3) is 28.2 Å². The number of hydrogen-bond acceptors (Lipinski definition) is 7. The van der Waals surface area contributed by atoms with Gasteiger partial charge in [-0.1, -0.05) is 30.3 Å². The van der Waals surface area contributed by atoms with Gasteiger partial charge in [0.15, 0.2) is 5.82 Å². The fourth-order valence-corrected chi connectivity index (χ4v) is 4.52. The number of rotatable bonds is 4. The molecule has 0 unspecified atom stereocenters. The summed E-state index contributed by atoms with van der Waals surface area (Å²) in [6, 6.07) is 16.3. The zero-order valence-corrected chi connectivity index (χ0v) is 18.4. The molecule has 6 rings (SSSR count). The quantitative estimate of drug-likeness (QED) is 0.478. The Morgan fingerprint density at radius 1 is 0.788 bits per heavy atom. The van der Waals surface area contributed by atoms with E-state index in [1.54, 1.807) is 4.68 Å². The molecule has 0 atom stereocenters. The number of pyridine rings is 1. The molecule has 2 aliphatic rings. The van der Waals surface area contributed by atoms with Crippen LogP contribution in [0, 0.1) is 0 Å². The third-order valence-electron chi connectivity index (χ3n) is 6.35. The summed E-state index contributed by atoms with van der Waals surface area (Å²) in [6.45, 7) is 4.51. The lowest BCUT2D eigenvalue weighted by molar-refractivity contribution is 0.0845. The number of hydrogen-bond donors (Lipinski definition) is 0. The van der Waals surface area contributed by atoms with Gasteiger partial charge >= 0.3 is 0 Å². The standard InChI is InChI=1S/C25H26N6O2/c1-2-4-18(5-3-1)21-8-11-31(29-21)25-27-22-7-6-20(19-9-14-32-15-10-19)26-23(22)24(28-25)30-12-16-33-17-13-30/h1-8,11,19H,9-10,12-17H2. The van der Waals surface area contributed by atoms with Crippen molar-refractivity contribution in [3.8, 4) is 17.2 Å². The van der Waals surface area contributed by atoms with Gasteiger partial charge in [-0.3, -0.25) is 0 Å². The minimum atomic E-state index is 0.417. The highest BCUT2D eigenvalue weighted by Crippen LogP contribution is 2.30. The van der Waals surface area contributed by atoms with Crippen molar-refractivity contribution in [1.29, 1.82) is 0 Å². The van der Waals surface area contributed by atoms with E-state index in [2.05, 4.69) is 29.2 Å². The molecule has 0 amide bonds. The van der Waals surface area contributed by atoms with Crippen LogP contribution in [0.1, 0.15) is 24.5 Å². The maximum Gasteiger partial charge on any atom is 0.253 e. The fourth-order valence-electron chi connectivity index (χ4n) is 4.52. The molecule has 0 saturated carbocycles. The molecule has 4 aromatic rings. The van der Waals surface area contributed by atoms with Gasteiger partial charge in [-0.2, -0.15) is 10.1 Å². The first-order valence-electron chi connectivity index (χ1n) is 11.6. The molecule has 33 heavy (non-hydrogen) atoms. The number of nitrogens with zero attached hydrogens (tertiary/aromatic N) is 6. The van der Waals surface area contributed by atoms with Crippen molar-refractivity contribution in [3.63, 3.8) is 0 Å². The smallest absolute Gasteiger partial charge is 0.253 e. The highest BCUT2D eigenvalue weighted by molar-refractivity contribution is 5.86. The molecule has 0 N–H and O–H groups in total. The van der Waals surface area contributed by atoms with Crippen LogP contribution < -0.4 is 4.90 Å². The first-order chi connectivity index (χ1) is 16.3. The largest absolute Gasteiger partial charge is 0.381 e. The minimum absolute atomic E-state index is 0.417. The van der Waals surface area contributed by atoms with Crippen LogP contribution in [0.15, 0.2) is 54.7 Å². The van der Waals surface area contributed by atoms with Crippen molar-refractivity contribution in [2.45, 2.75) is 18.8 Å². The van der Waals surface area contributed by atoms with E-state index < -0.39 is 0 Å². The molecule has 2 aliphatic heterocycles. The summed E-state index contributed by atoms with van der Waals surface area (Å²) in [4.78, 5) is 17.1. The van der Waals surface area contributed by atoms with E-state index in [-0.39, 0.29) is 0 Å². The van der Waals surface area contributed by atoms with E-state index in [1.807, 2.05) is 30.5 Å². The van der Waals surface area contributed by atoms with Gasteiger partial charge in [0.1, 0.15) is 5.52 Å². The van der Waals surface area contributed by atoms with Gasteiger partial charge in [-0.25, -0.2) is 14.6 Å². The Kier molecular flexibility index (Phi) is 5.45. The van der Waals surface area contributed by atoms with Crippen LogP contribution in [0.5, 0.6) is 0 Å². The monoisotopic (exact) mass is 442 g/mol. The van der Waals surface area contributed by atoms with Crippen molar-refractivity contribution >= 4 is 16.9 Å². The Hall–Kier alpha value is -3.36. The maximum atomic E-state index is 5.58. The molecule has 5 heterocycles. The van der Waals surface area contributed by atoms with Crippen LogP contribution in [0.4, 0.5) is 5.82 Å². The summed E-state index contributed by atoms with van der Waals surface area (Å²) in [5, 5.41) is 4.75. The zero-order valence-electron chi connectivity index (χ0n) is 18.4. The Bertz CT molecular complexity index is 1250. The third-order valence-corrected chi connectivity index (χ3v) is 6.35. The van der Waals surface area contributed by atoms with E-state index in [4.69, 9.17) is 29.5 Å². The second-order valence-electron chi connectivity index (χ2n) is 8.45. The molecule has 168 valence electrons. The Morgan fingerprint density at radius 2 is 1.58 bits per heavy atom. The van der Waals surface area contributed by atoms with E-state index in [1.165, 1.54) is 0 Å². The van der Waals surface area contributed by atoms with E-state index >= 15 is 0 Å². The Morgan fingerprint density at radius 3 is 2.39 bits per heavy atom. The van der Waals surface area contributed by atoms with Gasteiger partial charge in [0.2, 0.25) is 0 Å². The zero-order chi connectivity index (χ0) is 22.0. The van der Waals surface area contributed by atoms with E-state index in [0.29, 0.717) is 25.1 Å². The molecule has 3 aromatic heterocycles. The number of fused-ring (bicyclic) bond motifs is 1. The predicted octanol–water partition coefficient (Wildman–Crippen LogP) is 3.61. The second kappa shape index (κ2) is 8.88. The average molecular weight is 443 g/mol. The van der Waals surface area contributed by atoms with Crippen molar-refractivity contribution in [2.24, 2.45) is 0 Å². The number of benzene rings is 1. The fraction of sp³-hybridized carbons (Fsp3) is 0.360. The molecular weight excluding hydrogens is 416 g/mol. The predicted molar refractivity (Wildman–Crippen MR) is 126 cm³/mol. The first-order valence-corrected chi connectivity index (χ1v) is 11.6. The molecule has 0 bridgehead atoms. The molecule has 2 fully saturated rings. The van der Waals surface area contributed by atoms with Crippen LogP contribution in [-0.2, 0) is 9.47 Å². The van der Waals surface area contributed by atoms with Crippen molar-refractivity contribution in [3.05, 3.63) is 60.4 Å². The summed E-state index contributed by atoms with van der Waals surface area (Å²) in [6.07, 6.45) is 3.91. The number of morpholine rings is 1. The van der Waals surface area contributed by atoms with Crippen LogP contribution >= 0.6 is 0 Å². The molecule has 8 heteroatoms. The first kappa shape index (κ1) is 20.3. The molecule has 0 spiro atoms. The summed E-state index contributed by atoms with van der Waals surface area (Å²) in [5.41, 5.74) is 4.73. The van der Waals surface area contributed by atoms with Gasteiger partial charge in [-0.15, -0.1) is 0 Å². The SMILES string of the molecule is c1ccc(-c2ccn(-c3nc(N4CCOCC4)c4nc(C5CCOCC5)ccc4n3)n2)cc1. The highest BCUT2D eigenvalue weighted by Gasteiger charge is 2.22. The van der Waals surface area contributed by atoms with Crippen molar-refractivity contribution in [1.82, 2.24) is 24.7 Å². The lowest BCUT2D eigenvalue weighted by atomic mass is 9.96. The van der Waals surface area contributed by atoms with E-state index in [0.717, 1.165) is 72.9 Å². The Labute approximate surface area is 192 Å². The molecule has 1 aromatic carbocycles. The maximum absolute atomic E-state index is 5.58. The average Bonchev–Trinajstić information content (AvgIpc) is 3.40. The molecule has 0 radical (unpaired) electrons. The van der Waals surface area contributed by atoms with Crippen LogP contribution in [0.3, 0.4) is 0 Å². The van der Waals surface area contributed by atoms with Crippen molar-refractivity contribution in [2.75, 3.05) is 44.4 Å². The van der Waals surface area contributed by atoms with Crippen molar-refractivity contribution < 1.29 is 9.47 Å². The molecule has 0 aliphatic carbocycles. The summed E-state index contributed by atoms with van der Waals surface area (Å²) >= 11 is 0. The summed E-state index contributed by atoms with van der Waals surface area (Å²) in [5.74, 6) is 1.82. The van der Waals surface area contributed by atoms with Gasteiger partial charge in [0.05, 0.1) is 24.4 Å². The third kappa shape index (κ3) is 4.07. The highest BCUT2D eigenvalue weighted by atomic mass is 16.5. The summed E-state index contributed by atoms with van der Waals surface area (Å²) in [7, 11) is 0. The van der Waals surface area contributed by atoms with Gasteiger partial charge in [0.25, 0.3) is 5.95 Å². The normalized spacial score (nSPS) is 17.5. The summed E-state index contributed by atoms with van der Waals surface area (Å²) < 4.78 is 12.9.